The van der Waals surface area contributed by atoms with Crippen molar-refractivity contribution in [1.29, 1.82) is 0 Å². The second-order valence-electron chi connectivity index (χ2n) is 4.42. The maximum atomic E-state index is 11.1. The summed E-state index contributed by atoms with van der Waals surface area (Å²) in [6.07, 6.45) is -0.173. The van der Waals surface area contributed by atoms with Crippen molar-refractivity contribution < 1.29 is 14.6 Å². The predicted octanol–water partition coefficient (Wildman–Crippen LogP) is 1.26. The van der Waals surface area contributed by atoms with Gasteiger partial charge in [0.2, 0.25) is 0 Å². The lowest BCUT2D eigenvalue weighted by molar-refractivity contribution is -0.679. The van der Waals surface area contributed by atoms with E-state index in [1.807, 2.05) is 0 Å². The molecule has 7 nitrogen and oxygen atoms in total. The minimum atomic E-state index is -1.66. The van der Waals surface area contributed by atoms with Crippen LogP contribution in [0.5, 0.6) is 0 Å². The van der Waals surface area contributed by atoms with E-state index in [1.54, 1.807) is 6.92 Å². The first-order chi connectivity index (χ1) is 7.30. The molecular formula is C9H16N2O5. The molecule has 3 atom stereocenters. The average molecular weight is 232 g/mol. The van der Waals surface area contributed by atoms with Crippen LogP contribution in [0, 0.1) is 20.2 Å². The zero-order valence-electron chi connectivity index (χ0n) is 9.63. The third-order valence-corrected chi connectivity index (χ3v) is 3.76. The Labute approximate surface area is 93.1 Å². The summed E-state index contributed by atoms with van der Waals surface area (Å²) >= 11 is 0. The fraction of sp³-hybridized carbons (Fsp3) is 1.00. The lowest BCUT2D eigenvalue weighted by Crippen LogP contribution is -2.61. The van der Waals surface area contributed by atoms with Gasteiger partial charge in [-0.1, -0.05) is 0 Å². The molecule has 1 aliphatic carbocycles. The van der Waals surface area contributed by atoms with E-state index in [2.05, 4.69) is 0 Å². The van der Waals surface area contributed by atoms with Crippen molar-refractivity contribution >= 4 is 0 Å². The van der Waals surface area contributed by atoms with Crippen molar-refractivity contribution in [2.24, 2.45) is 0 Å². The predicted molar refractivity (Wildman–Crippen MR) is 55.4 cm³/mol. The molecule has 0 bridgehead atoms. The highest BCUT2D eigenvalue weighted by molar-refractivity contribution is 5.06. The van der Waals surface area contributed by atoms with Crippen LogP contribution in [0.25, 0.3) is 0 Å². The maximum absolute atomic E-state index is 11.1. The molecule has 0 amide bonds. The summed E-state index contributed by atoms with van der Waals surface area (Å²) in [5.74, 6) is 0. The van der Waals surface area contributed by atoms with E-state index in [-0.39, 0.29) is 6.42 Å². The molecule has 0 radical (unpaired) electrons. The second-order valence-corrected chi connectivity index (χ2v) is 4.42. The summed E-state index contributed by atoms with van der Waals surface area (Å²) in [5.41, 5.74) is -3.22. The van der Waals surface area contributed by atoms with Gasteiger partial charge >= 0.3 is 5.54 Å². The molecule has 1 saturated carbocycles. The van der Waals surface area contributed by atoms with E-state index >= 15 is 0 Å². The van der Waals surface area contributed by atoms with Crippen molar-refractivity contribution in [3.63, 3.8) is 0 Å². The normalized spacial score (nSPS) is 38.6. The Morgan fingerprint density at radius 2 is 1.88 bits per heavy atom. The van der Waals surface area contributed by atoms with Gasteiger partial charge in [0.1, 0.15) is 6.10 Å². The first-order valence-corrected chi connectivity index (χ1v) is 5.21. The van der Waals surface area contributed by atoms with Gasteiger partial charge in [-0.2, -0.15) is 0 Å². The monoisotopic (exact) mass is 232 g/mol. The molecule has 0 saturated heterocycles. The molecule has 0 heterocycles. The molecule has 0 N–H and O–H groups in total. The Kier molecular flexibility index (Phi) is 3.18. The molecule has 0 aromatic rings. The van der Waals surface area contributed by atoms with Crippen LogP contribution in [0.15, 0.2) is 0 Å². The minimum Gasteiger partial charge on any atom is -0.371 e. The third kappa shape index (κ3) is 1.46. The standard InChI is InChI=1S/C9H16N2O5/c1-4-16-7-5-6-8(2,10(12)13)9(7,3)11(14)15/h7H,4-6H2,1-3H3. The van der Waals surface area contributed by atoms with Crippen molar-refractivity contribution in [2.45, 2.75) is 50.8 Å². The van der Waals surface area contributed by atoms with Crippen LogP contribution in [0.3, 0.4) is 0 Å². The lowest BCUT2D eigenvalue weighted by Gasteiger charge is -2.29. The van der Waals surface area contributed by atoms with Gasteiger partial charge in [0, 0.05) is 36.7 Å². The summed E-state index contributed by atoms with van der Waals surface area (Å²) in [7, 11) is 0. The Morgan fingerprint density at radius 1 is 1.31 bits per heavy atom. The fourth-order valence-corrected chi connectivity index (χ4v) is 2.33. The molecule has 7 heteroatoms. The molecule has 1 aliphatic rings. The molecule has 1 fully saturated rings. The number of nitro groups is 2. The molecular weight excluding hydrogens is 216 g/mol. The Balaban J connectivity index is 3.16. The Bertz CT molecular complexity index is 321. The highest BCUT2D eigenvalue weighted by Crippen LogP contribution is 2.44. The van der Waals surface area contributed by atoms with E-state index in [4.69, 9.17) is 4.74 Å². The highest BCUT2D eigenvalue weighted by Gasteiger charge is 2.73. The molecule has 16 heavy (non-hydrogen) atoms. The van der Waals surface area contributed by atoms with Crippen LogP contribution in [0.1, 0.15) is 33.6 Å². The summed E-state index contributed by atoms with van der Waals surface area (Å²) in [5, 5.41) is 22.2. The summed E-state index contributed by atoms with van der Waals surface area (Å²) < 4.78 is 5.28. The molecule has 0 aliphatic heterocycles. The molecule has 0 spiro atoms. The highest BCUT2D eigenvalue weighted by atomic mass is 16.7. The zero-order valence-corrected chi connectivity index (χ0v) is 9.63. The van der Waals surface area contributed by atoms with E-state index in [1.165, 1.54) is 13.8 Å². The van der Waals surface area contributed by atoms with Gasteiger partial charge in [-0.05, 0) is 13.3 Å². The van der Waals surface area contributed by atoms with Crippen LogP contribution in [-0.4, -0.2) is 33.6 Å². The maximum Gasteiger partial charge on any atom is 0.312 e. The van der Waals surface area contributed by atoms with Crippen LogP contribution >= 0.6 is 0 Å². The zero-order chi connectivity index (χ0) is 12.6. The molecule has 3 unspecified atom stereocenters. The smallest absolute Gasteiger partial charge is 0.312 e. The van der Waals surface area contributed by atoms with Gasteiger partial charge in [0.25, 0.3) is 5.54 Å². The molecule has 0 aromatic carbocycles. The van der Waals surface area contributed by atoms with Crippen molar-refractivity contribution in [2.75, 3.05) is 6.61 Å². The summed E-state index contributed by atoms with van der Waals surface area (Å²) in [6, 6.07) is 0. The molecule has 0 aromatic heterocycles. The fourth-order valence-electron chi connectivity index (χ4n) is 2.33. The van der Waals surface area contributed by atoms with Crippen molar-refractivity contribution in [3.8, 4) is 0 Å². The van der Waals surface area contributed by atoms with Gasteiger partial charge < -0.3 is 4.74 Å². The van der Waals surface area contributed by atoms with Crippen molar-refractivity contribution in [1.82, 2.24) is 0 Å². The van der Waals surface area contributed by atoms with Crippen LogP contribution < -0.4 is 0 Å². The Morgan fingerprint density at radius 3 is 2.25 bits per heavy atom. The lowest BCUT2D eigenvalue weighted by atomic mass is 9.82. The van der Waals surface area contributed by atoms with E-state index in [0.717, 1.165) is 0 Å². The van der Waals surface area contributed by atoms with Gasteiger partial charge in [-0.15, -0.1) is 0 Å². The molecule has 1 rings (SSSR count). The van der Waals surface area contributed by atoms with Crippen LogP contribution in [0.2, 0.25) is 0 Å². The first-order valence-electron chi connectivity index (χ1n) is 5.21. The topological polar surface area (TPSA) is 95.5 Å². The van der Waals surface area contributed by atoms with Crippen molar-refractivity contribution in [3.05, 3.63) is 20.2 Å². The summed E-state index contributed by atoms with van der Waals surface area (Å²) in [4.78, 5) is 21.1. The minimum absolute atomic E-state index is 0.169. The van der Waals surface area contributed by atoms with E-state index < -0.39 is 27.0 Å². The first kappa shape index (κ1) is 12.8. The van der Waals surface area contributed by atoms with Crippen LogP contribution in [-0.2, 0) is 4.74 Å². The van der Waals surface area contributed by atoms with E-state index in [9.17, 15) is 20.2 Å². The number of hydrogen-bond donors (Lipinski definition) is 0. The second kappa shape index (κ2) is 3.97. The van der Waals surface area contributed by atoms with Gasteiger partial charge in [0.05, 0.1) is 0 Å². The molecule has 92 valence electrons. The van der Waals surface area contributed by atoms with Gasteiger partial charge in [-0.25, -0.2) is 0 Å². The number of hydrogen-bond acceptors (Lipinski definition) is 5. The number of rotatable bonds is 4. The van der Waals surface area contributed by atoms with Gasteiger partial charge in [-0.3, -0.25) is 20.2 Å². The largest absolute Gasteiger partial charge is 0.371 e. The quantitative estimate of drug-likeness (QED) is 0.537. The summed E-state index contributed by atoms with van der Waals surface area (Å²) in [6.45, 7) is 4.68. The van der Waals surface area contributed by atoms with Gasteiger partial charge in [0.15, 0.2) is 0 Å². The van der Waals surface area contributed by atoms with E-state index in [0.29, 0.717) is 13.0 Å². The number of nitrogens with zero attached hydrogens (tertiary/aromatic N) is 2. The SMILES string of the molecule is CCOC1CCC(C)([N+](=O)[O-])C1(C)[N+](=O)[O-]. The Hall–Kier alpha value is -1.24. The average Bonchev–Trinajstić information content (AvgIpc) is 2.45. The number of ether oxygens (including phenoxy) is 1. The third-order valence-electron chi connectivity index (χ3n) is 3.76. The van der Waals surface area contributed by atoms with Crippen LogP contribution in [0.4, 0.5) is 0 Å².